The number of hydrogen-bond acceptors (Lipinski definition) is 5. The van der Waals surface area contributed by atoms with Gasteiger partial charge in [0.25, 0.3) is 0 Å². The van der Waals surface area contributed by atoms with Gasteiger partial charge >= 0.3 is 12.1 Å². The van der Waals surface area contributed by atoms with Crippen molar-refractivity contribution in [2.45, 2.75) is 6.18 Å². The van der Waals surface area contributed by atoms with Crippen LogP contribution in [0.25, 0.3) is 0 Å². The monoisotopic (exact) mass is 253 g/mol. The number of hydrogen-bond donors (Lipinski definition) is 1. The Morgan fingerprint density at radius 1 is 1.44 bits per heavy atom. The van der Waals surface area contributed by atoms with E-state index in [1.54, 1.807) is 0 Å². The van der Waals surface area contributed by atoms with Gasteiger partial charge in [-0.15, -0.1) is 10.2 Å². The van der Waals surface area contributed by atoms with E-state index < -0.39 is 23.1 Å². The minimum Gasteiger partial charge on any atom is -0.481 e. The summed E-state index contributed by atoms with van der Waals surface area (Å²) in [6.45, 7) is 0.365. The van der Waals surface area contributed by atoms with E-state index in [4.69, 9.17) is 5.11 Å². The van der Waals surface area contributed by atoms with Gasteiger partial charge in [0.05, 0.1) is 5.92 Å². The highest BCUT2D eigenvalue weighted by atomic mass is 32.1. The summed E-state index contributed by atoms with van der Waals surface area (Å²) in [4.78, 5) is 11.9. The fourth-order valence-corrected chi connectivity index (χ4v) is 1.98. The van der Waals surface area contributed by atoms with Crippen molar-refractivity contribution < 1.29 is 23.1 Å². The van der Waals surface area contributed by atoms with Crippen LogP contribution in [0, 0.1) is 5.92 Å². The SMILES string of the molecule is O=C(O)C1CN(c2nnc(C(F)(F)F)s2)C1. The molecule has 1 aromatic heterocycles. The number of alkyl halides is 3. The molecule has 9 heteroatoms. The number of anilines is 1. The molecule has 1 N–H and O–H groups in total. The molecule has 5 nitrogen and oxygen atoms in total. The number of halogens is 3. The Balaban J connectivity index is 2.03. The van der Waals surface area contributed by atoms with Crippen LogP contribution in [0.2, 0.25) is 0 Å². The first-order chi connectivity index (χ1) is 7.38. The number of rotatable bonds is 2. The summed E-state index contributed by atoms with van der Waals surface area (Å²) in [7, 11) is 0. The van der Waals surface area contributed by atoms with E-state index in [-0.39, 0.29) is 18.2 Å². The summed E-state index contributed by atoms with van der Waals surface area (Å²) in [5.41, 5.74) is 0. The highest BCUT2D eigenvalue weighted by Crippen LogP contribution is 2.36. The van der Waals surface area contributed by atoms with Crippen LogP contribution in [0.4, 0.5) is 18.3 Å². The van der Waals surface area contributed by atoms with E-state index in [9.17, 15) is 18.0 Å². The summed E-state index contributed by atoms with van der Waals surface area (Å²) in [5.74, 6) is -1.48. The summed E-state index contributed by atoms with van der Waals surface area (Å²) < 4.78 is 36.6. The standard InChI is InChI=1S/C7H6F3N3O2S/c8-7(9,10)5-11-12-6(16-5)13-1-3(2-13)4(14)15/h3H,1-2H2,(H,14,15). The van der Waals surface area contributed by atoms with Gasteiger partial charge in [0.1, 0.15) is 0 Å². The van der Waals surface area contributed by atoms with E-state index in [0.29, 0.717) is 11.3 Å². The Kier molecular flexibility index (Phi) is 2.49. The molecule has 1 fully saturated rings. The smallest absolute Gasteiger partial charge is 0.445 e. The maximum absolute atomic E-state index is 12.2. The van der Waals surface area contributed by atoms with Gasteiger partial charge in [-0.05, 0) is 0 Å². The Morgan fingerprint density at radius 2 is 2.06 bits per heavy atom. The molecule has 0 aliphatic carbocycles. The van der Waals surface area contributed by atoms with Crippen LogP contribution in [0.5, 0.6) is 0 Å². The van der Waals surface area contributed by atoms with Gasteiger partial charge in [-0.3, -0.25) is 4.79 Å². The molecule has 0 spiro atoms. The van der Waals surface area contributed by atoms with E-state index in [1.807, 2.05) is 0 Å². The van der Waals surface area contributed by atoms with E-state index in [1.165, 1.54) is 4.90 Å². The van der Waals surface area contributed by atoms with Crippen molar-refractivity contribution >= 4 is 22.4 Å². The van der Waals surface area contributed by atoms with Crippen LogP contribution in [-0.2, 0) is 11.0 Å². The largest absolute Gasteiger partial charge is 0.481 e. The van der Waals surface area contributed by atoms with Crippen molar-refractivity contribution in [3.8, 4) is 0 Å². The minimum atomic E-state index is -4.49. The van der Waals surface area contributed by atoms with Gasteiger partial charge in [0.2, 0.25) is 10.1 Å². The lowest BCUT2D eigenvalue weighted by atomic mass is 10.0. The zero-order valence-electron chi connectivity index (χ0n) is 7.73. The Morgan fingerprint density at radius 3 is 2.50 bits per heavy atom. The highest BCUT2D eigenvalue weighted by molar-refractivity contribution is 7.15. The third kappa shape index (κ3) is 1.94. The van der Waals surface area contributed by atoms with Crippen molar-refractivity contribution in [2.75, 3.05) is 18.0 Å². The zero-order valence-corrected chi connectivity index (χ0v) is 8.55. The molecule has 88 valence electrons. The molecule has 0 unspecified atom stereocenters. The number of carboxylic acids is 1. The van der Waals surface area contributed by atoms with Crippen molar-refractivity contribution in [1.82, 2.24) is 10.2 Å². The second kappa shape index (κ2) is 3.58. The van der Waals surface area contributed by atoms with Gasteiger partial charge in [0, 0.05) is 13.1 Å². The van der Waals surface area contributed by atoms with Crippen molar-refractivity contribution in [2.24, 2.45) is 5.92 Å². The molecule has 0 bridgehead atoms. The predicted molar refractivity (Wildman–Crippen MR) is 48.2 cm³/mol. The predicted octanol–water partition coefficient (Wildman–Crippen LogP) is 1.08. The van der Waals surface area contributed by atoms with Crippen molar-refractivity contribution in [1.29, 1.82) is 0 Å². The molecule has 2 heterocycles. The molecular weight excluding hydrogens is 247 g/mol. The average Bonchev–Trinajstić information content (AvgIpc) is 2.47. The van der Waals surface area contributed by atoms with Crippen molar-refractivity contribution in [3.63, 3.8) is 0 Å². The minimum absolute atomic E-state index is 0.116. The molecule has 2 rings (SSSR count). The second-order valence-electron chi connectivity index (χ2n) is 3.33. The lowest BCUT2D eigenvalue weighted by Crippen LogP contribution is -2.50. The fraction of sp³-hybridized carbons (Fsp3) is 0.571. The van der Waals surface area contributed by atoms with Crippen LogP contribution >= 0.6 is 11.3 Å². The van der Waals surface area contributed by atoms with Crippen molar-refractivity contribution in [3.05, 3.63) is 5.01 Å². The lowest BCUT2D eigenvalue weighted by Gasteiger charge is -2.35. The van der Waals surface area contributed by atoms with E-state index >= 15 is 0 Å². The molecule has 0 aromatic carbocycles. The quantitative estimate of drug-likeness (QED) is 0.854. The van der Waals surface area contributed by atoms with Gasteiger partial charge in [-0.2, -0.15) is 13.2 Å². The molecule has 1 aliphatic rings. The van der Waals surface area contributed by atoms with Crippen LogP contribution < -0.4 is 4.90 Å². The molecule has 1 aliphatic heterocycles. The summed E-state index contributed by atoms with van der Waals surface area (Å²) in [6.07, 6.45) is -4.49. The van der Waals surface area contributed by atoms with Crippen LogP contribution in [0.15, 0.2) is 0 Å². The molecule has 1 aromatic rings. The van der Waals surface area contributed by atoms with E-state index in [0.717, 1.165) is 0 Å². The maximum atomic E-state index is 12.2. The second-order valence-corrected chi connectivity index (χ2v) is 4.28. The number of aromatic nitrogens is 2. The topological polar surface area (TPSA) is 66.3 Å². The maximum Gasteiger partial charge on any atom is 0.445 e. The summed E-state index contributed by atoms with van der Waals surface area (Å²) >= 11 is 0.423. The van der Waals surface area contributed by atoms with Crippen LogP contribution in [0.1, 0.15) is 5.01 Å². The zero-order chi connectivity index (χ0) is 11.9. The third-order valence-electron chi connectivity index (χ3n) is 2.16. The van der Waals surface area contributed by atoms with Gasteiger partial charge in [-0.1, -0.05) is 11.3 Å². The number of carbonyl (C=O) groups is 1. The Labute approximate surface area is 91.5 Å². The number of nitrogens with zero attached hydrogens (tertiary/aromatic N) is 3. The molecule has 0 atom stereocenters. The van der Waals surface area contributed by atoms with Crippen LogP contribution in [-0.4, -0.2) is 34.4 Å². The number of carboxylic acid groups (broad SMARTS) is 1. The van der Waals surface area contributed by atoms with E-state index in [2.05, 4.69) is 10.2 Å². The first kappa shape index (κ1) is 11.1. The lowest BCUT2D eigenvalue weighted by molar-refractivity contribution is -0.142. The molecule has 16 heavy (non-hydrogen) atoms. The highest BCUT2D eigenvalue weighted by Gasteiger charge is 2.39. The van der Waals surface area contributed by atoms with Crippen LogP contribution in [0.3, 0.4) is 0 Å². The van der Waals surface area contributed by atoms with Gasteiger partial charge in [0.15, 0.2) is 0 Å². The number of aliphatic carboxylic acids is 1. The van der Waals surface area contributed by atoms with Gasteiger partial charge in [-0.25, -0.2) is 0 Å². The molecule has 0 radical (unpaired) electrons. The first-order valence-electron chi connectivity index (χ1n) is 4.26. The fourth-order valence-electron chi connectivity index (χ4n) is 1.25. The molecule has 0 saturated carbocycles. The third-order valence-corrected chi connectivity index (χ3v) is 3.19. The Hall–Kier alpha value is -1.38. The molecular formula is C7H6F3N3O2S. The Bertz CT molecular complexity index is 413. The summed E-state index contributed by atoms with van der Waals surface area (Å²) in [6, 6.07) is 0. The normalized spacial score (nSPS) is 17.3. The summed E-state index contributed by atoms with van der Waals surface area (Å²) in [5, 5.41) is 14.1. The molecule has 1 saturated heterocycles. The molecule has 0 amide bonds. The first-order valence-corrected chi connectivity index (χ1v) is 5.08. The van der Waals surface area contributed by atoms with Gasteiger partial charge < -0.3 is 10.0 Å². The average molecular weight is 253 g/mol.